The Bertz CT molecular complexity index is 103. The van der Waals surface area contributed by atoms with Crippen LogP contribution in [0.4, 0.5) is 0 Å². The van der Waals surface area contributed by atoms with Gasteiger partial charge in [-0.05, 0) is 24.8 Å². The van der Waals surface area contributed by atoms with Crippen LogP contribution in [0.25, 0.3) is 0 Å². The summed E-state index contributed by atoms with van der Waals surface area (Å²) in [5, 5.41) is 3.41. The van der Waals surface area contributed by atoms with Crippen LogP contribution >= 0.6 is 22.6 Å². The molecular formula is C8H16IN. The molecule has 0 bridgehead atoms. The zero-order chi connectivity index (χ0) is 7.56. The molecule has 0 unspecified atom stereocenters. The fourth-order valence-corrected chi connectivity index (χ4v) is 3.09. The van der Waals surface area contributed by atoms with Crippen LogP contribution in [0.5, 0.6) is 0 Å². The zero-order valence-electron chi connectivity index (χ0n) is 6.73. The van der Waals surface area contributed by atoms with Crippen LogP contribution in [0.2, 0.25) is 0 Å². The van der Waals surface area contributed by atoms with Crippen molar-refractivity contribution in [3.63, 3.8) is 0 Å². The minimum Gasteiger partial charge on any atom is -0.316 e. The molecule has 0 saturated carbocycles. The third kappa shape index (κ3) is 2.09. The van der Waals surface area contributed by atoms with Crippen LogP contribution in [0.15, 0.2) is 0 Å². The fourth-order valence-electron chi connectivity index (χ4n) is 1.59. The summed E-state index contributed by atoms with van der Waals surface area (Å²) in [6.07, 6.45) is 1.37. The standard InChI is InChI=1S/C8H16IN/c1-6(2)7-3-4-10-5-8(7)9/h6-8,10H,3-5H2,1-2H3/t7-,8+/m0/s1. The second-order valence-electron chi connectivity index (χ2n) is 3.42. The lowest BCUT2D eigenvalue weighted by Crippen LogP contribution is -2.39. The van der Waals surface area contributed by atoms with E-state index in [0.717, 1.165) is 15.8 Å². The monoisotopic (exact) mass is 253 g/mol. The molecule has 1 N–H and O–H groups in total. The van der Waals surface area contributed by atoms with E-state index in [-0.39, 0.29) is 0 Å². The zero-order valence-corrected chi connectivity index (χ0v) is 8.89. The summed E-state index contributed by atoms with van der Waals surface area (Å²) in [7, 11) is 0. The van der Waals surface area contributed by atoms with Gasteiger partial charge in [-0.15, -0.1) is 0 Å². The van der Waals surface area contributed by atoms with Gasteiger partial charge in [0.2, 0.25) is 0 Å². The molecule has 2 heteroatoms. The molecule has 1 aliphatic rings. The van der Waals surface area contributed by atoms with Crippen LogP contribution < -0.4 is 5.32 Å². The molecule has 0 aromatic heterocycles. The van der Waals surface area contributed by atoms with Crippen LogP contribution in [0.3, 0.4) is 0 Å². The maximum atomic E-state index is 3.41. The van der Waals surface area contributed by atoms with Gasteiger partial charge in [-0.2, -0.15) is 0 Å². The summed E-state index contributed by atoms with van der Waals surface area (Å²) in [4.78, 5) is 0. The van der Waals surface area contributed by atoms with Gasteiger partial charge in [0, 0.05) is 10.5 Å². The smallest absolute Gasteiger partial charge is 0.0266 e. The highest BCUT2D eigenvalue weighted by molar-refractivity contribution is 14.1. The molecule has 0 spiro atoms. The van der Waals surface area contributed by atoms with Crippen LogP contribution in [0, 0.1) is 11.8 Å². The number of nitrogens with one attached hydrogen (secondary N) is 1. The largest absolute Gasteiger partial charge is 0.316 e. The molecule has 2 atom stereocenters. The number of hydrogen-bond donors (Lipinski definition) is 1. The molecular weight excluding hydrogens is 237 g/mol. The summed E-state index contributed by atoms with van der Waals surface area (Å²) in [5.41, 5.74) is 0. The quantitative estimate of drug-likeness (QED) is 0.557. The number of piperidine rings is 1. The van der Waals surface area contributed by atoms with Crippen molar-refractivity contribution in [2.75, 3.05) is 13.1 Å². The maximum absolute atomic E-state index is 3.41. The van der Waals surface area contributed by atoms with Crippen LogP contribution in [-0.4, -0.2) is 17.0 Å². The van der Waals surface area contributed by atoms with E-state index in [2.05, 4.69) is 41.8 Å². The van der Waals surface area contributed by atoms with E-state index >= 15 is 0 Å². The second kappa shape index (κ2) is 3.90. The lowest BCUT2D eigenvalue weighted by Gasteiger charge is -2.31. The van der Waals surface area contributed by atoms with Gasteiger partial charge in [0.05, 0.1) is 0 Å². The van der Waals surface area contributed by atoms with Gasteiger partial charge < -0.3 is 5.32 Å². The molecule has 0 aliphatic carbocycles. The lowest BCUT2D eigenvalue weighted by atomic mass is 9.87. The highest BCUT2D eigenvalue weighted by Crippen LogP contribution is 2.26. The van der Waals surface area contributed by atoms with Crippen molar-refractivity contribution in [1.82, 2.24) is 5.32 Å². The van der Waals surface area contributed by atoms with Gasteiger partial charge in [0.25, 0.3) is 0 Å². The van der Waals surface area contributed by atoms with Gasteiger partial charge >= 0.3 is 0 Å². The first-order chi connectivity index (χ1) is 4.72. The summed E-state index contributed by atoms with van der Waals surface area (Å²) < 4.78 is 0.853. The molecule has 1 rings (SSSR count). The van der Waals surface area contributed by atoms with E-state index in [9.17, 15) is 0 Å². The van der Waals surface area contributed by atoms with Crippen molar-refractivity contribution in [1.29, 1.82) is 0 Å². The Balaban J connectivity index is 2.40. The molecule has 0 amide bonds. The summed E-state index contributed by atoms with van der Waals surface area (Å²) in [5.74, 6) is 1.81. The van der Waals surface area contributed by atoms with Crippen molar-refractivity contribution < 1.29 is 0 Å². The van der Waals surface area contributed by atoms with Crippen molar-refractivity contribution in [2.45, 2.75) is 24.2 Å². The Hall–Kier alpha value is 0.690. The first-order valence-electron chi connectivity index (χ1n) is 4.06. The first kappa shape index (κ1) is 8.78. The molecule has 1 heterocycles. The second-order valence-corrected chi connectivity index (χ2v) is 5.02. The molecule has 1 aliphatic heterocycles. The summed E-state index contributed by atoms with van der Waals surface area (Å²) in [6, 6.07) is 0. The minimum atomic E-state index is 0.853. The molecule has 1 saturated heterocycles. The molecule has 1 nitrogen and oxygen atoms in total. The Kier molecular flexibility index (Phi) is 3.43. The van der Waals surface area contributed by atoms with Gasteiger partial charge in [-0.3, -0.25) is 0 Å². The van der Waals surface area contributed by atoms with E-state index in [4.69, 9.17) is 0 Å². The number of hydrogen-bond acceptors (Lipinski definition) is 1. The van der Waals surface area contributed by atoms with Gasteiger partial charge in [-0.25, -0.2) is 0 Å². The summed E-state index contributed by atoms with van der Waals surface area (Å²) >= 11 is 2.57. The average molecular weight is 253 g/mol. The van der Waals surface area contributed by atoms with Crippen molar-refractivity contribution in [3.8, 4) is 0 Å². The normalized spacial score (nSPS) is 34.8. The molecule has 1 fully saturated rings. The predicted octanol–water partition coefficient (Wildman–Crippen LogP) is 2.06. The van der Waals surface area contributed by atoms with E-state index < -0.39 is 0 Å². The van der Waals surface area contributed by atoms with Gasteiger partial charge in [-0.1, -0.05) is 36.4 Å². The van der Waals surface area contributed by atoms with Gasteiger partial charge in [0.15, 0.2) is 0 Å². The first-order valence-corrected chi connectivity index (χ1v) is 5.31. The number of halogens is 1. The van der Waals surface area contributed by atoms with E-state index in [1.807, 2.05) is 0 Å². The lowest BCUT2D eigenvalue weighted by molar-refractivity contribution is 0.310. The Morgan fingerprint density at radius 2 is 2.20 bits per heavy atom. The third-order valence-corrected chi connectivity index (χ3v) is 3.68. The van der Waals surface area contributed by atoms with Crippen LogP contribution in [0.1, 0.15) is 20.3 Å². The maximum Gasteiger partial charge on any atom is 0.0266 e. The fraction of sp³-hybridized carbons (Fsp3) is 1.00. The third-order valence-electron chi connectivity index (χ3n) is 2.31. The predicted molar refractivity (Wildman–Crippen MR) is 53.6 cm³/mol. The molecule has 0 aromatic rings. The molecule has 60 valence electrons. The van der Waals surface area contributed by atoms with Gasteiger partial charge in [0.1, 0.15) is 0 Å². The highest BCUT2D eigenvalue weighted by Gasteiger charge is 2.24. The average Bonchev–Trinajstić information content (AvgIpc) is 1.88. The van der Waals surface area contributed by atoms with Crippen molar-refractivity contribution in [2.24, 2.45) is 11.8 Å². The van der Waals surface area contributed by atoms with Crippen molar-refractivity contribution >= 4 is 22.6 Å². The van der Waals surface area contributed by atoms with E-state index in [1.54, 1.807) is 0 Å². The highest BCUT2D eigenvalue weighted by atomic mass is 127. The Labute approximate surface area is 77.1 Å². The molecule has 10 heavy (non-hydrogen) atoms. The molecule has 0 radical (unpaired) electrons. The SMILES string of the molecule is CC(C)[C@@H]1CCNC[C@H]1I. The van der Waals surface area contributed by atoms with E-state index in [1.165, 1.54) is 19.5 Å². The Morgan fingerprint density at radius 3 is 2.60 bits per heavy atom. The molecule has 0 aromatic carbocycles. The van der Waals surface area contributed by atoms with E-state index in [0.29, 0.717) is 0 Å². The topological polar surface area (TPSA) is 12.0 Å². The number of rotatable bonds is 1. The summed E-state index contributed by atoms with van der Waals surface area (Å²) in [6.45, 7) is 7.11. The van der Waals surface area contributed by atoms with Crippen LogP contribution in [-0.2, 0) is 0 Å². The minimum absolute atomic E-state index is 0.853. The van der Waals surface area contributed by atoms with Crippen molar-refractivity contribution in [3.05, 3.63) is 0 Å². The Morgan fingerprint density at radius 1 is 1.50 bits per heavy atom. The number of alkyl halides is 1.